The van der Waals surface area contributed by atoms with Gasteiger partial charge in [0, 0.05) is 12.8 Å². The van der Waals surface area contributed by atoms with Crippen molar-refractivity contribution in [2.75, 3.05) is 0 Å². The number of rotatable bonds is 3. The lowest BCUT2D eigenvalue weighted by Crippen LogP contribution is -2.30. The van der Waals surface area contributed by atoms with Crippen molar-refractivity contribution in [2.24, 2.45) is 0 Å². The number of benzene rings is 2. The van der Waals surface area contributed by atoms with E-state index in [1.54, 1.807) is 12.1 Å². The maximum atomic E-state index is 12.3. The van der Waals surface area contributed by atoms with Gasteiger partial charge in [0.25, 0.3) is 0 Å². The summed E-state index contributed by atoms with van der Waals surface area (Å²) in [5.41, 5.74) is 1.29. The first-order valence-corrected chi connectivity index (χ1v) is 6.75. The molecule has 1 aliphatic heterocycles. The van der Waals surface area contributed by atoms with E-state index in [2.05, 4.69) is 0 Å². The van der Waals surface area contributed by atoms with Gasteiger partial charge in [-0.3, -0.25) is 4.79 Å². The quantitative estimate of drug-likeness (QED) is 0.940. The summed E-state index contributed by atoms with van der Waals surface area (Å²) >= 11 is 0. The van der Waals surface area contributed by atoms with Crippen LogP contribution in [0.1, 0.15) is 32.7 Å². The number of carboxylic acids is 1. The molecule has 0 saturated heterocycles. The Bertz CT molecular complexity index is 691. The second kappa shape index (κ2) is 5.40. The normalized spacial score (nSPS) is 17.0. The fourth-order valence-corrected chi connectivity index (χ4v) is 2.62. The van der Waals surface area contributed by atoms with Gasteiger partial charge in [0.05, 0.1) is 11.1 Å². The Morgan fingerprint density at radius 2 is 1.90 bits per heavy atom. The molecule has 0 bridgehead atoms. The van der Waals surface area contributed by atoms with Gasteiger partial charge in [0.2, 0.25) is 0 Å². The second-order valence-corrected chi connectivity index (χ2v) is 5.04. The van der Waals surface area contributed by atoms with Crippen LogP contribution in [0.25, 0.3) is 0 Å². The summed E-state index contributed by atoms with van der Waals surface area (Å²) in [5, 5.41) is 9.15. The summed E-state index contributed by atoms with van der Waals surface area (Å²) in [6.45, 7) is 0. The molecule has 0 radical (unpaired) electrons. The van der Waals surface area contributed by atoms with Gasteiger partial charge in [0.1, 0.15) is 11.9 Å². The molecule has 2 aromatic rings. The Hall–Kier alpha value is -2.62. The fourth-order valence-electron chi connectivity index (χ4n) is 2.62. The minimum absolute atomic E-state index is 0.00987. The van der Waals surface area contributed by atoms with Crippen LogP contribution in [0.3, 0.4) is 0 Å². The number of Topliss-reactive ketones (excluding diaryl/α,β-unsaturated/α-hetero) is 1. The van der Waals surface area contributed by atoms with Crippen LogP contribution in [0.15, 0.2) is 48.5 Å². The fraction of sp³-hybridized carbons (Fsp3) is 0.176. The summed E-state index contributed by atoms with van der Waals surface area (Å²) < 4.78 is 5.81. The van der Waals surface area contributed by atoms with E-state index in [0.29, 0.717) is 12.2 Å². The van der Waals surface area contributed by atoms with Crippen LogP contribution in [-0.4, -0.2) is 23.0 Å². The van der Waals surface area contributed by atoms with Crippen molar-refractivity contribution < 1.29 is 19.4 Å². The molecule has 4 nitrogen and oxygen atoms in total. The molecule has 1 aliphatic rings. The van der Waals surface area contributed by atoms with E-state index in [9.17, 15) is 9.59 Å². The van der Waals surface area contributed by atoms with E-state index in [0.717, 1.165) is 5.56 Å². The van der Waals surface area contributed by atoms with Crippen molar-refractivity contribution in [1.82, 2.24) is 0 Å². The molecule has 0 aliphatic carbocycles. The topological polar surface area (TPSA) is 63.6 Å². The van der Waals surface area contributed by atoms with Crippen LogP contribution in [0.4, 0.5) is 0 Å². The molecule has 106 valence electrons. The Morgan fingerprint density at radius 3 is 2.62 bits per heavy atom. The first kappa shape index (κ1) is 13.4. The predicted molar refractivity (Wildman–Crippen MR) is 76.9 cm³/mol. The number of aromatic carboxylic acids is 1. The zero-order valence-electron chi connectivity index (χ0n) is 11.3. The summed E-state index contributed by atoms with van der Waals surface area (Å²) in [6, 6.07) is 14.5. The first-order valence-electron chi connectivity index (χ1n) is 6.75. The Balaban J connectivity index is 1.88. The highest BCUT2D eigenvalue weighted by molar-refractivity contribution is 6.08. The number of carboxylic acid groups (broad SMARTS) is 1. The molecule has 0 aromatic heterocycles. The Labute approximate surface area is 122 Å². The van der Waals surface area contributed by atoms with Gasteiger partial charge < -0.3 is 9.84 Å². The van der Waals surface area contributed by atoms with Crippen molar-refractivity contribution >= 4 is 11.8 Å². The first-order chi connectivity index (χ1) is 10.1. The third kappa shape index (κ3) is 2.65. The van der Waals surface area contributed by atoms with Crippen molar-refractivity contribution in [3.63, 3.8) is 0 Å². The molecule has 2 aromatic carbocycles. The van der Waals surface area contributed by atoms with Crippen molar-refractivity contribution in [3.05, 3.63) is 65.2 Å². The number of carbonyl (C=O) groups is 2. The van der Waals surface area contributed by atoms with Gasteiger partial charge >= 0.3 is 5.97 Å². The lowest BCUT2D eigenvalue weighted by molar-refractivity contribution is 0.0681. The summed E-state index contributed by atoms with van der Waals surface area (Å²) in [7, 11) is 0. The highest BCUT2D eigenvalue weighted by atomic mass is 16.5. The third-order valence-corrected chi connectivity index (χ3v) is 3.55. The number of ketones is 1. The third-order valence-electron chi connectivity index (χ3n) is 3.55. The Morgan fingerprint density at radius 1 is 1.14 bits per heavy atom. The Kier molecular flexibility index (Phi) is 3.44. The smallest absolute Gasteiger partial charge is 0.336 e. The molecule has 4 heteroatoms. The van der Waals surface area contributed by atoms with Crippen LogP contribution < -0.4 is 4.74 Å². The molecule has 3 rings (SSSR count). The van der Waals surface area contributed by atoms with Crippen molar-refractivity contribution in [1.29, 1.82) is 0 Å². The predicted octanol–water partition coefficient (Wildman–Crippen LogP) is 2.96. The van der Waals surface area contributed by atoms with Gasteiger partial charge in [-0.25, -0.2) is 4.79 Å². The molecular weight excluding hydrogens is 268 g/mol. The van der Waals surface area contributed by atoms with E-state index >= 15 is 0 Å². The number of hydrogen-bond acceptors (Lipinski definition) is 3. The van der Waals surface area contributed by atoms with Gasteiger partial charge in [0.15, 0.2) is 5.78 Å². The van der Waals surface area contributed by atoms with Crippen LogP contribution in [0.2, 0.25) is 0 Å². The molecule has 1 N–H and O–H groups in total. The molecule has 0 saturated carbocycles. The largest absolute Gasteiger partial charge is 0.489 e. The van der Waals surface area contributed by atoms with Crippen molar-refractivity contribution in [2.45, 2.75) is 18.9 Å². The van der Waals surface area contributed by atoms with Gasteiger partial charge in [-0.05, 0) is 17.7 Å². The number of carbonyl (C=O) groups excluding carboxylic acids is 1. The molecule has 0 spiro atoms. The molecule has 1 unspecified atom stereocenters. The number of hydrogen-bond donors (Lipinski definition) is 1. The lowest BCUT2D eigenvalue weighted by atomic mass is 9.93. The lowest BCUT2D eigenvalue weighted by Gasteiger charge is -2.26. The highest BCUT2D eigenvalue weighted by Crippen LogP contribution is 2.31. The number of fused-ring (bicyclic) bond motifs is 1. The van der Waals surface area contributed by atoms with E-state index in [-0.39, 0.29) is 29.4 Å². The van der Waals surface area contributed by atoms with Crippen LogP contribution in [-0.2, 0) is 6.42 Å². The molecular formula is C17H14O4. The SMILES string of the molecule is O=C(O)c1cccc2c1C(=O)CC(Cc1ccccc1)O2. The zero-order chi connectivity index (χ0) is 14.8. The van der Waals surface area contributed by atoms with Crippen LogP contribution >= 0.6 is 0 Å². The molecule has 0 amide bonds. The summed E-state index contributed by atoms with van der Waals surface area (Å²) in [4.78, 5) is 23.5. The maximum Gasteiger partial charge on any atom is 0.336 e. The summed E-state index contributed by atoms with van der Waals surface area (Å²) in [6.07, 6.45) is 0.576. The van der Waals surface area contributed by atoms with Crippen LogP contribution in [0.5, 0.6) is 5.75 Å². The standard InChI is InChI=1S/C17H14O4/c18-14-10-12(9-11-5-2-1-3-6-11)21-15-8-4-7-13(16(14)15)17(19)20/h1-8,12H,9-10H2,(H,19,20). The van der Waals surface area contributed by atoms with Gasteiger partial charge in [-0.2, -0.15) is 0 Å². The van der Waals surface area contributed by atoms with E-state index in [1.165, 1.54) is 6.07 Å². The van der Waals surface area contributed by atoms with E-state index in [1.807, 2.05) is 30.3 Å². The minimum atomic E-state index is -1.11. The van der Waals surface area contributed by atoms with E-state index in [4.69, 9.17) is 9.84 Å². The highest BCUT2D eigenvalue weighted by Gasteiger charge is 2.30. The van der Waals surface area contributed by atoms with Gasteiger partial charge in [-0.1, -0.05) is 36.4 Å². The average Bonchev–Trinajstić information content (AvgIpc) is 2.47. The molecule has 1 heterocycles. The summed E-state index contributed by atoms with van der Waals surface area (Å²) in [5.74, 6) is -0.910. The zero-order valence-corrected chi connectivity index (χ0v) is 11.3. The van der Waals surface area contributed by atoms with Crippen LogP contribution in [0, 0.1) is 0 Å². The molecule has 1 atom stereocenters. The second-order valence-electron chi connectivity index (χ2n) is 5.04. The monoisotopic (exact) mass is 282 g/mol. The average molecular weight is 282 g/mol. The molecule has 21 heavy (non-hydrogen) atoms. The minimum Gasteiger partial charge on any atom is -0.489 e. The maximum absolute atomic E-state index is 12.3. The molecule has 0 fully saturated rings. The number of ether oxygens (including phenoxy) is 1. The van der Waals surface area contributed by atoms with E-state index < -0.39 is 5.97 Å². The van der Waals surface area contributed by atoms with Crippen molar-refractivity contribution in [3.8, 4) is 5.75 Å². The van der Waals surface area contributed by atoms with Gasteiger partial charge in [-0.15, -0.1) is 0 Å².